The minimum atomic E-state index is -1.00. The Morgan fingerprint density at radius 1 is 1.53 bits per heavy atom. The van der Waals surface area contributed by atoms with E-state index >= 15 is 0 Å². The van der Waals surface area contributed by atoms with Gasteiger partial charge in [-0.25, -0.2) is 9.18 Å². The topological polar surface area (TPSA) is 49.3 Å². The van der Waals surface area contributed by atoms with Crippen molar-refractivity contribution in [2.75, 3.05) is 6.54 Å². The van der Waals surface area contributed by atoms with E-state index < -0.39 is 5.97 Å². The summed E-state index contributed by atoms with van der Waals surface area (Å²) in [6.45, 7) is 0.469. The van der Waals surface area contributed by atoms with E-state index in [1.807, 2.05) is 0 Å². The van der Waals surface area contributed by atoms with E-state index in [9.17, 15) is 9.18 Å². The van der Waals surface area contributed by atoms with E-state index in [0.717, 1.165) is 6.08 Å². The fourth-order valence-corrected chi connectivity index (χ4v) is 1.08. The predicted octanol–water partition coefficient (Wildman–Crippen LogP) is 1.91. The maximum Gasteiger partial charge on any atom is 0.328 e. The average molecular weight is 209 g/mol. The van der Waals surface area contributed by atoms with E-state index in [1.165, 1.54) is 18.2 Å². The summed E-state index contributed by atoms with van der Waals surface area (Å²) in [5.41, 5.74) is 0.674. The van der Waals surface area contributed by atoms with Crippen LogP contribution >= 0.6 is 0 Å². The maximum atomic E-state index is 12.9. The molecule has 0 bridgehead atoms. The zero-order valence-electron chi connectivity index (χ0n) is 8.11. The highest BCUT2D eigenvalue weighted by Gasteiger charge is 1.95. The average Bonchev–Trinajstić information content (AvgIpc) is 2.27. The molecule has 0 radical (unpaired) electrons. The molecule has 0 amide bonds. The first kappa shape index (κ1) is 11.2. The smallest absolute Gasteiger partial charge is 0.328 e. The van der Waals surface area contributed by atoms with Crippen LogP contribution in [0.5, 0.6) is 0 Å². The fourth-order valence-electron chi connectivity index (χ4n) is 1.08. The number of allylic oxidation sites excluding steroid dienone is 5. The summed E-state index contributed by atoms with van der Waals surface area (Å²) < 4.78 is 12.9. The van der Waals surface area contributed by atoms with E-state index in [-0.39, 0.29) is 5.83 Å². The van der Waals surface area contributed by atoms with Crippen molar-refractivity contribution in [2.24, 2.45) is 0 Å². The first-order chi connectivity index (χ1) is 7.18. The minimum absolute atomic E-state index is 0.281. The summed E-state index contributed by atoms with van der Waals surface area (Å²) in [7, 11) is 0. The third-order valence-electron chi connectivity index (χ3n) is 1.76. The Balaban J connectivity index is 2.69. The molecule has 3 nitrogen and oxygen atoms in total. The second kappa shape index (κ2) is 5.80. The van der Waals surface area contributed by atoms with Gasteiger partial charge < -0.3 is 10.4 Å². The first-order valence-corrected chi connectivity index (χ1v) is 4.56. The lowest BCUT2D eigenvalue weighted by molar-refractivity contribution is -0.131. The molecule has 0 aliphatic carbocycles. The van der Waals surface area contributed by atoms with Crippen LogP contribution in [0.1, 0.15) is 6.42 Å². The van der Waals surface area contributed by atoms with Crippen molar-refractivity contribution in [2.45, 2.75) is 6.42 Å². The molecule has 0 spiro atoms. The molecule has 0 aromatic heterocycles. The quantitative estimate of drug-likeness (QED) is 0.683. The zero-order chi connectivity index (χ0) is 11.1. The van der Waals surface area contributed by atoms with Gasteiger partial charge in [0.2, 0.25) is 0 Å². The van der Waals surface area contributed by atoms with Gasteiger partial charge in [0.15, 0.2) is 0 Å². The Hall–Kier alpha value is -1.84. The van der Waals surface area contributed by atoms with Gasteiger partial charge in [-0.3, -0.25) is 0 Å². The van der Waals surface area contributed by atoms with Crippen LogP contribution in [0.15, 0.2) is 48.0 Å². The Kier molecular flexibility index (Phi) is 4.34. The van der Waals surface area contributed by atoms with Crippen molar-refractivity contribution < 1.29 is 14.3 Å². The third kappa shape index (κ3) is 4.81. The van der Waals surface area contributed by atoms with Crippen LogP contribution in [0.4, 0.5) is 4.39 Å². The summed E-state index contributed by atoms with van der Waals surface area (Å²) in [5, 5.41) is 11.4. The number of hydrogen-bond donors (Lipinski definition) is 2. The lowest BCUT2D eigenvalue weighted by Crippen LogP contribution is -2.11. The molecule has 15 heavy (non-hydrogen) atoms. The molecule has 1 aliphatic rings. The molecule has 1 rings (SSSR count). The number of carbonyl (C=O) groups is 1. The molecular weight excluding hydrogens is 197 g/mol. The van der Waals surface area contributed by atoms with Gasteiger partial charge in [-0.2, -0.15) is 0 Å². The van der Waals surface area contributed by atoms with Crippen LogP contribution in [0.25, 0.3) is 0 Å². The molecule has 0 aromatic rings. The summed E-state index contributed by atoms with van der Waals surface area (Å²) in [5.74, 6) is -1.29. The Morgan fingerprint density at radius 2 is 2.33 bits per heavy atom. The zero-order valence-corrected chi connectivity index (χ0v) is 8.11. The van der Waals surface area contributed by atoms with E-state index in [4.69, 9.17) is 5.11 Å². The molecule has 1 heterocycles. The highest BCUT2D eigenvalue weighted by atomic mass is 19.1. The van der Waals surface area contributed by atoms with Crippen LogP contribution in [0, 0.1) is 0 Å². The Labute approximate surface area is 87.3 Å². The van der Waals surface area contributed by atoms with Gasteiger partial charge in [0, 0.05) is 18.3 Å². The molecule has 4 heteroatoms. The van der Waals surface area contributed by atoms with Crippen molar-refractivity contribution in [1.82, 2.24) is 5.32 Å². The summed E-state index contributed by atoms with van der Waals surface area (Å²) in [6, 6.07) is 0. The van der Waals surface area contributed by atoms with Gasteiger partial charge in [0.25, 0.3) is 0 Å². The van der Waals surface area contributed by atoms with E-state index in [1.54, 1.807) is 12.2 Å². The third-order valence-corrected chi connectivity index (χ3v) is 1.76. The maximum absolute atomic E-state index is 12.9. The molecule has 0 aromatic carbocycles. The fraction of sp³-hybridized carbons (Fsp3) is 0.182. The van der Waals surface area contributed by atoms with Crippen LogP contribution < -0.4 is 5.32 Å². The highest BCUT2D eigenvalue weighted by molar-refractivity contribution is 5.80. The number of aliphatic carboxylic acids is 1. The predicted molar refractivity (Wildman–Crippen MR) is 55.8 cm³/mol. The van der Waals surface area contributed by atoms with Crippen LogP contribution in [-0.4, -0.2) is 17.6 Å². The van der Waals surface area contributed by atoms with Gasteiger partial charge in [-0.05, 0) is 24.6 Å². The van der Waals surface area contributed by atoms with Crippen LogP contribution in [0.3, 0.4) is 0 Å². The molecule has 0 fully saturated rings. The van der Waals surface area contributed by atoms with Crippen molar-refractivity contribution in [3.63, 3.8) is 0 Å². The largest absolute Gasteiger partial charge is 0.478 e. The number of rotatable bonds is 2. The lowest BCUT2D eigenvalue weighted by atomic mass is 10.3. The Bertz CT molecular complexity index is 354. The van der Waals surface area contributed by atoms with E-state index in [2.05, 4.69) is 5.32 Å². The van der Waals surface area contributed by atoms with Gasteiger partial charge in [0.05, 0.1) is 0 Å². The monoisotopic (exact) mass is 209 g/mol. The molecule has 0 unspecified atom stereocenters. The second-order valence-corrected chi connectivity index (χ2v) is 2.94. The highest BCUT2D eigenvalue weighted by Crippen LogP contribution is 2.05. The van der Waals surface area contributed by atoms with Crippen molar-refractivity contribution >= 4 is 5.97 Å². The lowest BCUT2D eigenvalue weighted by Gasteiger charge is -2.02. The first-order valence-electron chi connectivity index (χ1n) is 4.56. The van der Waals surface area contributed by atoms with Gasteiger partial charge in [-0.1, -0.05) is 12.2 Å². The van der Waals surface area contributed by atoms with Gasteiger partial charge in [0.1, 0.15) is 5.83 Å². The number of carboxylic acid groups (broad SMARTS) is 1. The van der Waals surface area contributed by atoms with Crippen LogP contribution in [0.2, 0.25) is 0 Å². The van der Waals surface area contributed by atoms with E-state index in [0.29, 0.717) is 18.7 Å². The Morgan fingerprint density at radius 3 is 3.07 bits per heavy atom. The van der Waals surface area contributed by atoms with Gasteiger partial charge in [-0.15, -0.1) is 0 Å². The summed E-state index contributed by atoms with van der Waals surface area (Å²) in [4.78, 5) is 10.3. The number of halogens is 1. The van der Waals surface area contributed by atoms with Crippen LogP contribution in [-0.2, 0) is 4.79 Å². The summed E-state index contributed by atoms with van der Waals surface area (Å²) >= 11 is 0. The molecular formula is C11H12FNO2. The molecule has 2 N–H and O–H groups in total. The SMILES string of the molecule is O=C(O)/C=C/C1=C/C/C=C(F)\C=C/CN1. The van der Waals surface area contributed by atoms with Gasteiger partial charge >= 0.3 is 5.97 Å². The summed E-state index contributed by atoms with van der Waals surface area (Å²) in [6.07, 6.45) is 9.10. The van der Waals surface area contributed by atoms with Crippen molar-refractivity contribution in [3.8, 4) is 0 Å². The molecule has 0 atom stereocenters. The molecule has 0 saturated carbocycles. The molecule has 0 saturated heterocycles. The number of nitrogens with one attached hydrogen (secondary N) is 1. The van der Waals surface area contributed by atoms with Crippen molar-refractivity contribution in [3.05, 3.63) is 48.0 Å². The normalized spacial score (nSPS) is 26.2. The number of hydrogen-bond acceptors (Lipinski definition) is 2. The molecule has 80 valence electrons. The molecule has 1 aliphatic heterocycles. The van der Waals surface area contributed by atoms with Crippen molar-refractivity contribution in [1.29, 1.82) is 0 Å². The number of carboxylic acids is 1. The second-order valence-electron chi connectivity index (χ2n) is 2.94. The standard InChI is InChI=1S/C11H12FNO2/c12-9-3-1-5-10(6-7-11(14)15)13-8-2-4-9/h2-7,13H,1,8H2,(H,14,15)/b4-2-,7-6+,9-3+,10-5-. The minimum Gasteiger partial charge on any atom is -0.478 e.